The molecule has 146 valence electrons. The van der Waals surface area contributed by atoms with E-state index in [-0.39, 0.29) is 0 Å². The van der Waals surface area contributed by atoms with Crippen molar-refractivity contribution >= 4 is 22.6 Å². The summed E-state index contributed by atoms with van der Waals surface area (Å²) in [4.78, 5) is 31.2. The Balaban J connectivity index is 1.73. The van der Waals surface area contributed by atoms with Crippen molar-refractivity contribution in [2.75, 3.05) is 19.0 Å². The number of fused-ring (bicyclic) bond motifs is 3. The number of anilines is 1. The maximum atomic E-state index is 12.4. The van der Waals surface area contributed by atoms with Crippen LogP contribution in [0.1, 0.15) is 11.4 Å². The maximum Gasteiger partial charge on any atom is 0.329 e. The zero-order chi connectivity index (χ0) is 20.0. The lowest BCUT2D eigenvalue weighted by molar-refractivity contribution is 0.415. The fourth-order valence-electron chi connectivity index (χ4n) is 3.49. The van der Waals surface area contributed by atoms with Crippen LogP contribution < -0.4 is 21.3 Å². The third-order valence-electron chi connectivity index (χ3n) is 5.14. The number of aromatic nitrogens is 5. The number of hydrogen-bond acceptors (Lipinski definition) is 5. The Hall–Kier alpha value is -3.49. The van der Waals surface area contributed by atoms with E-state index in [1.54, 1.807) is 14.2 Å². The molecule has 0 radical (unpaired) electrons. The number of nitrogens with one attached hydrogen (secondary N) is 2. The van der Waals surface area contributed by atoms with Crippen molar-refractivity contribution in [3.05, 3.63) is 56.5 Å². The van der Waals surface area contributed by atoms with Gasteiger partial charge in [0.05, 0.1) is 7.11 Å². The summed E-state index contributed by atoms with van der Waals surface area (Å²) in [7, 11) is 3.24. The highest BCUT2D eigenvalue weighted by molar-refractivity contribution is 5.76. The molecular formula is C19H22N6O3. The highest BCUT2D eigenvalue weighted by Crippen LogP contribution is 2.21. The number of nitrogens with zero attached hydrogens (tertiary/aromatic N) is 4. The van der Waals surface area contributed by atoms with Crippen LogP contribution in [0.4, 0.5) is 5.69 Å². The normalized spacial score (nSPS) is 11.4. The highest BCUT2D eigenvalue weighted by atomic mass is 16.5. The number of rotatable bonds is 5. The van der Waals surface area contributed by atoms with Gasteiger partial charge in [0.2, 0.25) is 5.78 Å². The Morgan fingerprint density at radius 1 is 1.21 bits per heavy atom. The molecule has 9 heteroatoms. The van der Waals surface area contributed by atoms with Crippen LogP contribution in [0.3, 0.4) is 0 Å². The Bertz CT molecular complexity index is 1310. The Labute approximate surface area is 160 Å². The first-order valence-corrected chi connectivity index (χ1v) is 8.97. The zero-order valence-electron chi connectivity index (χ0n) is 16.2. The van der Waals surface area contributed by atoms with E-state index in [1.165, 1.54) is 4.57 Å². The fourth-order valence-corrected chi connectivity index (χ4v) is 3.49. The number of imidazole rings is 2. The van der Waals surface area contributed by atoms with E-state index in [1.807, 2.05) is 47.1 Å². The van der Waals surface area contributed by atoms with Crippen molar-refractivity contribution in [1.29, 1.82) is 0 Å². The van der Waals surface area contributed by atoms with Gasteiger partial charge in [-0.15, -0.1) is 0 Å². The molecule has 0 amide bonds. The molecule has 0 saturated carbocycles. The van der Waals surface area contributed by atoms with E-state index in [4.69, 9.17) is 4.74 Å². The van der Waals surface area contributed by atoms with E-state index in [0.717, 1.165) is 22.8 Å². The van der Waals surface area contributed by atoms with Gasteiger partial charge in [0.1, 0.15) is 5.75 Å². The molecule has 1 aromatic carbocycles. The molecule has 0 spiro atoms. The molecule has 3 aromatic heterocycles. The van der Waals surface area contributed by atoms with Crippen molar-refractivity contribution in [3.8, 4) is 5.75 Å². The van der Waals surface area contributed by atoms with Gasteiger partial charge in [0.15, 0.2) is 11.2 Å². The van der Waals surface area contributed by atoms with Crippen LogP contribution >= 0.6 is 0 Å². The zero-order valence-corrected chi connectivity index (χ0v) is 16.2. The van der Waals surface area contributed by atoms with E-state index in [2.05, 4.69) is 15.3 Å². The lowest BCUT2D eigenvalue weighted by atomic mass is 10.3. The SMILES string of the molecule is COc1cccc(NCCn2c(C)c(C)n3c4c(=O)[nH]c(=O)n(C)c4nc23)c1. The van der Waals surface area contributed by atoms with Crippen molar-refractivity contribution in [3.63, 3.8) is 0 Å². The summed E-state index contributed by atoms with van der Waals surface area (Å²) in [6.07, 6.45) is 0. The second-order valence-electron chi connectivity index (χ2n) is 6.72. The van der Waals surface area contributed by atoms with Gasteiger partial charge in [-0.1, -0.05) is 6.07 Å². The van der Waals surface area contributed by atoms with Gasteiger partial charge in [-0.05, 0) is 26.0 Å². The summed E-state index contributed by atoms with van der Waals surface area (Å²) in [5.74, 6) is 1.43. The summed E-state index contributed by atoms with van der Waals surface area (Å²) in [6.45, 7) is 5.25. The van der Waals surface area contributed by atoms with E-state index >= 15 is 0 Å². The average molecular weight is 382 g/mol. The lowest BCUT2D eigenvalue weighted by Gasteiger charge is -2.10. The van der Waals surface area contributed by atoms with Crippen molar-refractivity contribution in [2.24, 2.45) is 7.05 Å². The Morgan fingerprint density at radius 2 is 2.00 bits per heavy atom. The van der Waals surface area contributed by atoms with Crippen LogP contribution in [0.2, 0.25) is 0 Å². The van der Waals surface area contributed by atoms with Crippen molar-refractivity contribution < 1.29 is 4.74 Å². The minimum atomic E-state index is -0.473. The molecular weight excluding hydrogens is 360 g/mol. The lowest BCUT2D eigenvalue weighted by Crippen LogP contribution is -2.28. The number of H-pyrrole nitrogens is 1. The number of methoxy groups -OCH3 is 1. The van der Waals surface area contributed by atoms with Crippen LogP contribution in [0.25, 0.3) is 16.9 Å². The van der Waals surface area contributed by atoms with Gasteiger partial charge in [0, 0.05) is 43.3 Å². The topological polar surface area (TPSA) is 98.4 Å². The molecule has 28 heavy (non-hydrogen) atoms. The molecule has 0 aliphatic heterocycles. The molecule has 0 aliphatic carbocycles. The number of aromatic amines is 1. The standard InChI is InChI=1S/C19H22N6O3/c1-11-12(2)25-15-16(23(3)19(27)22-17(15)26)21-18(25)24(11)9-8-20-13-6-5-7-14(10-13)28-4/h5-7,10,20H,8-9H2,1-4H3,(H,22,26,27). The molecule has 9 nitrogen and oxygen atoms in total. The molecule has 3 heterocycles. The summed E-state index contributed by atoms with van der Waals surface area (Å²) >= 11 is 0. The summed E-state index contributed by atoms with van der Waals surface area (Å²) in [5, 5.41) is 3.37. The van der Waals surface area contributed by atoms with Crippen LogP contribution in [0, 0.1) is 13.8 Å². The van der Waals surface area contributed by atoms with Gasteiger partial charge in [0.25, 0.3) is 5.56 Å². The van der Waals surface area contributed by atoms with E-state index in [9.17, 15) is 9.59 Å². The predicted octanol–water partition coefficient (Wildman–Crippen LogP) is 1.41. The van der Waals surface area contributed by atoms with Crippen molar-refractivity contribution in [1.82, 2.24) is 23.5 Å². The molecule has 2 N–H and O–H groups in total. The quantitative estimate of drug-likeness (QED) is 0.544. The molecule has 0 aliphatic rings. The van der Waals surface area contributed by atoms with Gasteiger partial charge in [-0.25, -0.2) is 4.79 Å². The van der Waals surface area contributed by atoms with Gasteiger partial charge >= 0.3 is 5.69 Å². The minimum Gasteiger partial charge on any atom is -0.497 e. The van der Waals surface area contributed by atoms with Crippen LogP contribution in [0.15, 0.2) is 33.9 Å². The second kappa shape index (κ2) is 6.59. The van der Waals surface area contributed by atoms with Crippen LogP contribution in [0.5, 0.6) is 5.75 Å². The van der Waals surface area contributed by atoms with Crippen LogP contribution in [-0.2, 0) is 13.6 Å². The third kappa shape index (κ3) is 2.67. The summed E-state index contributed by atoms with van der Waals surface area (Å²) in [6, 6.07) is 7.73. The monoisotopic (exact) mass is 382 g/mol. The third-order valence-corrected chi connectivity index (χ3v) is 5.14. The molecule has 4 aromatic rings. The van der Waals surface area contributed by atoms with Crippen LogP contribution in [-0.4, -0.2) is 37.2 Å². The molecule has 0 unspecified atom stereocenters. The number of aryl methyl sites for hydroxylation is 2. The highest BCUT2D eigenvalue weighted by Gasteiger charge is 2.20. The number of hydrogen-bond donors (Lipinski definition) is 2. The summed E-state index contributed by atoms with van der Waals surface area (Å²) in [5.41, 5.74) is 2.76. The molecule has 0 fully saturated rings. The first kappa shape index (κ1) is 17.9. The van der Waals surface area contributed by atoms with Gasteiger partial charge in [-0.3, -0.25) is 18.7 Å². The predicted molar refractivity (Wildman–Crippen MR) is 108 cm³/mol. The largest absolute Gasteiger partial charge is 0.497 e. The number of ether oxygens (including phenoxy) is 1. The number of benzene rings is 1. The summed E-state index contributed by atoms with van der Waals surface area (Å²) < 4.78 is 10.5. The maximum absolute atomic E-state index is 12.4. The molecule has 0 bridgehead atoms. The minimum absolute atomic E-state index is 0.376. The smallest absolute Gasteiger partial charge is 0.329 e. The average Bonchev–Trinajstić information content (AvgIpc) is 3.18. The molecule has 0 saturated heterocycles. The van der Waals surface area contributed by atoms with Gasteiger partial charge < -0.3 is 14.6 Å². The Kier molecular flexibility index (Phi) is 4.21. The molecule has 0 atom stereocenters. The Morgan fingerprint density at radius 3 is 2.75 bits per heavy atom. The first-order chi connectivity index (χ1) is 13.4. The van der Waals surface area contributed by atoms with Gasteiger partial charge in [-0.2, -0.15) is 4.98 Å². The fraction of sp³-hybridized carbons (Fsp3) is 0.316. The molecule has 4 rings (SSSR count). The van der Waals surface area contributed by atoms with E-state index < -0.39 is 11.2 Å². The van der Waals surface area contributed by atoms with Crippen molar-refractivity contribution in [2.45, 2.75) is 20.4 Å². The van der Waals surface area contributed by atoms with E-state index in [0.29, 0.717) is 30.0 Å². The first-order valence-electron chi connectivity index (χ1n) is 8.97. The second-order valence-corrected chi connectivity index (χ2v) is 6.72.